The second-order valence-electron chi connectivity index (χ2n) is 7.54. The Balaban J connectivity index is 0.00000289. The Labute approximate surface area is 210 Å². The quantitative estimate of drug-likeness (QED) is 0.258. The Kier molecular flexibility index (Phi) is 5.85. The summed E-state index contributed by atoms with van der Waals surface area (Å²) < 4.78 is 2.40. The predicted molar refractivity (Wildman–Crippen MR) is 121 cm³/mol. The highest BCUT2D eigenvalue weighted by Gasteiger charge is 2.84. The van der Waals surface area contributed by atoms with Crippen LogP contribution in [0.15, 0.2) is 24.5 Å². The van der Waals surface area contributed by atoms with Crippen LogP contribution in [0.1, 0.15) is 11.5 Å². The van der Waals surface area contributed by atoms with E-state index in [9.17, 15) is 24.0 Å². The van der Waals surface area contributed by atoms with E-state index in [4.69, 9.17) is 4.74 Å². The number of aromatic nitrogens is 1. The fourth-order valence-electron chi connectivity index (χ4n) is 4.39. The van der Waals surface area contributed by atoms with Gasteiger partial charge >= 0.3 is 12.1 Å². The molecule has 0 radical (unpaired) electrons. The molecule has 3 aliphatic heterocycles. The van der Waals surface area contributed by atoms with E-state index in [1.165, 1.54) is 52.7 Å². The molecular weight excluding hydrogens is 622 g/mol. The fraction of sp³-hybridized carbons (Fsp3) is 0.444. The highest BCUT2D eigenvalue weighted by atomic mass is 79.9. The molecule has 0 bridgehead atoms. The van der Waals surface area contributed by atoms with Crippen molar-refractivity contribution in [3.8, 4) is 0 Å². The van der Waals surface area contributed by atoms with Gasteiger partial charge in [-0.15, -0.1) is 17.0 Å². The number of halogens is 3. The van der Waals surface area contributed by atoms with Gasteiger partial charge in [-0.2, -0.15) is 0 Å². The van der Waals surface area contributed by atoms with Gasteiger partial charge in [-0.05, 0) is 33.6 Å². The maximum absolute atomic E-state index is 13.6. The summed E-state index contributed by atoms with van der Waals surface area (Å²) in [6.45, 7) is 0. The van der Waals surface area contributed by atoms with Crippen LogP contribution in [0.5, 0.6) is 0 Å². The smallest absolute Gasteiger partial charge is 0.316 e. The number of nitrogens with zero attached hydrogens (tertiary/aromatic N) is 5. The van der Waals surface area contributed by atoms with Crippen molar-refractivity contribution in [1.29, 1.82) is 0 Å². The third kappa shape index (κ3) is 2.60. The second-order valence-corrected chi connectivity index (χ2v) is 9.87. The Morgan fingerprint density at radius 3 is 1.81 bits per heavy atom. The Hall–Kier alpha value is -1.90. The lowest BCUT2D eigenvalue weighted by molar-refractivity contribution is -0.185. The van der Waals surface area contributed by atoms with Gasteiger partial charge in [0.25, 0.3) is 17.7 Å². The topological polar surface area (TPSA) is 120 Å². The zero-order chi connectivity index (χ0) is 23.1. The summed E-state index contributed by atoms with van der Waals surface area (Å²) in [5.41, 5.74) is -1.96. The molecule has 0 saturated carbocycles. The van der Waals surface area contributed by atoms with Gasteiger partial charge < -0.3 is 4.74 Å². The third-order valence-corrected chi connectivity index (χ3v) is 9.21. The molecule has 14 heteroatoms. The Morgan fingerprint density at radius 2 is 1.31 bits per heavy atom. The van der Waals surface area contributed by atoms with E-state index < -0.39 is 50.3 Å². The van der Waals surface area contributed by atoms with Crippen LogP contribution in [0, 0.1) is 0 Å². The van der Waals surface area contributed by atoms with Gasteiger partial charge in [0.1, 0.15) is 0 Å². The van der Waals surface area contributed by atoms with Crippen molar-refractivity contribution in [1.82, 2.24) is 24.6 Å². The summed E-state index contributed by atoms with van der Waals surface area (Å²) in [6, 6.07) is 1.53. The van der Waals surface area contributed by atoms with Crippen LogP contribution < -0.4 is 0 Å². The number of urea groups is 2. The second kappa shape index (κ2) is 7.57. The molecule has 0 N–H and O–H groups in total. The van der Waals surface area contributed by atoms with Crippen molar-refractivity contribution in [3.05, 3.63) is 30.1 Å². The van der Waals surface area contributed by atoms with Crippen LogP contribution in [0.2, 0.25) is 0 Å². The van der Waals surface area contributed by atoms with Crippen molar-refractivity contribution in [2.24, 2.45) is 0 Å². The average Bonchev–Trinajstić information content (AvgIpc) is 3.00. The average molecular weight is 640 g/mol. The first-order valence-electron chi connectivity index (χ1n) is 9.01. The van der Waals surface area contributed by atoms with E-state index >= 15 is 0 Å². The fourth-order valence-corrected chi connectivity index (χ4v) is 6.40. The molecule has 4 rings (SSSR count). The van der Waals surface area contributed by atoms with Crippen LogP contribution in [0.4, 0.5) is 9.59 Å². The van der Waals surface area contributed by atoms with Crippen molar-refractivity contribution in [3.63, 3.8) is 0 Å². The van der Waals surface area contributed by atoms with Gasteiger partial charge in [0, 0.05) is 40.6 Å². The predicted octanol–water partition coefficient (Wildman–Crippen LogP) is 1.27. The van der Waals surface area contributed by atoms with Crippen LogP contribution >= 0.6 is 48.8 Å². The molecule has 3 fully saturated rings. The maximum atomic E-state index is 13.6. The molecule has 7 amide bonds. The first-order valence-corrected chi connectivity index (χ1v) is 10.6. The number of rotatable bonds is 1. The van der Waals surface area contributed by atoms with E-state index in [1.807, 2.05) is 0 Å². The lowest BCUT2D eigenvalue weighted by Crippen LogP contribution is -2.71. The number of pyridine rings is 1. The number of likely N-dealkylation sites (N-methyl/N-ethyl adjacent to an activating group) is 2. The SMILES string of the molecule is Br.CN1C(=O)N(C)C(=O)C2(OC3(Br)N(C)C(=O)N(C)C(=O)C3(Br)C2c2ccncc2)C1=O. The van der Waals surface area contributed by atoms with Crippen LogP contribution in [-0.4, -0.2) is 97.1 Å². The first-order chi connectivity index (χ1) is 14.4. The molecule has 1 aromatic heterocycles. The highest BCUT2D eigenvalue weighted by molar-refractivity contribution is 9.13. The zero-order valence-electron chi connectivity index (χ0n) is 17.2. The van der Waals surface area contributed by atoms with E-state index in [0.717, 1.165) is 19.6 Å². The Bertz CT molecular complexity index is 1030. The van der Waals surface area contributed by atoms with E-state index in [0.29, 0.717) is 5.56 Å². The van der Waals surface area contributed by atoms with Gasteiger partial charge in [0.2, 0.25) is 10.2 Å². The molecule has 0 aliphatic carbocycles. The van der Waals surface area contributed by atoms with Gasteiger partial charge in [-0.1, -0.05) is 15.9 Å². The number of ether oxygens (including phenoxy) is 1. The minimum atomic E-state index is -2.33. The lowest BCUT2D eigenvalue weighted by atomic mass is 9.72. The number of hydrogen-bond acceptors (Lipinski definition) is 7. The molecule has 3 aliphatic rings. The number of barbiturate groups is 1. The number of imide groups is 3. The largest absolute Gasteiger partial charge is 0.333 e. The normalized spacial score (nSPS) is 31.9. The highest BCUT2D eigenvalue weighted by Crippen LogP contribution is 2.65. The maximum Gasteiger partial charge on any atom is 0.333 e. The molecular formula is C18H18Br3N5O6. The number of carbonyl (C=O) groups excluding carboxylic acids is 5. The van der Waals surface area contributed by atoms with E-state index in [1.54, 1.807) is 0 Å². The summed E-state index contributed by atoms with van der Waals surface area (Å²) in [5.74, 6) is -3.91. The molecule has 11 nitrogen and oxygen atoms in total. The number of alkyl halides is 2. The minimum absolute atomic E-state index is 0. The molecule has 32 heavy (non-hydrogen) atoms. The Morgan fingerprint density at radius 1 is 0.844 bits per heavy atom. The van der Waals surface area contributed by atoms with E-state index in [-0.39, 0.29) is 17.0 Å². The molecule has 1 spiro atoms. The lowest BCUT2D eigenvalue weighted by Gasteiger charge is -2.48. The summed E-state index contributed by atoms with van der Waals surface area (Å²) >= 11 is 6.83. The summed E-state index contributed by atoms with van der Waals surface area (Å²) in [4.78, 5) is 73.2. The first kappa shape index (κ1) is 24.7. The monoisotopic (exact) mass is 637 g/mol. The molecule has 3 atom stereocenters. The molecule has 4 heterocycles. The summed E-state index contributed by atoms with van der Waals surface area (Å²) in [7, 11) is 5.09. The van der Waals surface area contributed by atoms with Crippen LogP contribution in [0.25, 0.3) is 0 Å². The number of amides is 7. The number of hydrogen-bond donors (Lipinski definition) is 0. The summed E-state index contributed by atoms with van der Waals surface area (Å²) in [6.07, 6.45) is 2.88. The van der Waals surface area contributed by atoms with Crippen LogP contribution in [-0.2, 0) is 19.1 Å². The van der Waals surface area contributed by atoms with Crippen molar-refractivity contribution in [2.45, 2.75) is 20.5 Å². The zero-order valence-corrected chi connectivity index (χ0v) is 22.1. The molecule has 0 aromatic carbocycles. The van der Waals surface area contributed by atoms with Gasteiger partial charge in [-0.3, -0.25) is 39.0 Å². The van der Waals surface area contributed by atoms with E-state index in [2.05, 4.69) is 36.8 Å². The van der Waals surface area contributed by atoms with Gasteiger partial charge in [-0.25, -0.2) is 9.59 Å². The molecule has 3 unspecified atom stereocenters. The molecule has 172 valence electrons. The third-order valence-electron chi connectivity index (χ3n) is 6.03. The van der Waals surface area contributed by atoms with Gasteiger partial charge in [0.15, 0.2) is 4.32 Å². The van der Waals surface area contributed by atoms with Gasteiger partial charge in [0.05, 0.1) is 5.92 Å². The number of fused-ring (bicyclic) bond motifs is 1. The summed E-state index contributed by atoms with van der Waals surface area (Å²) in [5, 5.41) is 0. The molecule has 3 saturated heterocycles. The minimum Gasteiger partial charge on any atom is -0.316 e. The number of carbonyl (C=O) groups is 5. The van der Waals surface area contributed by atoms with Crippen molar-refractivity contribution < 1.29 is 28.7 Å². The molecule has 1 aromatic rings. The van der Waals surface area contributed by atoms with Crippen molar-refractivity contribution >= 4 is 78.6 Å². The standard InChI is InChI=1S/C18H17Br2N5O6.BrH/c1-22-11(26)16(12(27)23(2)14(22)29)10(9-5-7-21-8-6-9)17(19)13(28)24(3)15(30)25(4)18(17,20)31-16;/h5-8,10H,1-4H3;1H. The van der Waals surface area contributed by atoms with Crippen molar-refractivity contribution in [2.75, 3.05) is 28.2 Å². The van der Waals surface area contributed by atoms with Crippen LogP contribution in [0.3, 0.4) is 0 Å².